The number of nitrogens with two attached hydrogens (primary N) is 2. The van der Waals surface area contributed by atoms with Gasteiger partial charge in [0.15, 0.2) is 0 Å². The van der Waals surface area contributed by atoms with Gasteiger partial charge in [-0.15, -0.1) is 0 Å². The Morgan fingerprint density at radius 2 is 1.85 bits per heavy atom. The van der Waals surface area contributed by atoms with Crippen LogP contribution in [0.25, 0.3) is 0 Å². The predicted molar refractivity (Wildman–Crippen MR) is 54.5 cm³/mol. The van der Waals surface area contributed by atoms with Gasteiger partial charge in [0, 0.05) is 0 Å². The van der Waals surface area contributed by atoms with Crippen LogP contribution in [-0.4, -0.2) is 23.7 Å². The second kappa shape index (κ2) is 11.4. The summed E-state index contributed by atoms with van der Waals surface area (Å²) in [5, 5.41) is 7.87. The van der Waals surface area contributed by atoms with E-state index in [0.717, 1.165) is 6.54 Å². The van der Waals surface area contributed by atoms with E-state index in [1.807, 2.05) is 0 Å². The molecular weight excluding hydrogens is 168 g/mol. The van der Waals surface area contributed by atoms with Gasteiger partial charge in [-0.25, -0.2) is 0 Å². The van der Waals surface area contributed by atoms with Gasteiger partial charge < -0.3 is 16.6 Å². The molecule has 0 fully saturated rings. The number of carbonyl (C=O) groups is 1. The highest BCUT2D eigenvalue weighted by atomic mass is 16.4. The van der Waals surface area contributed by atoms with Crippen LogP contribution in [0.3, 0.4) is 0 Å². The first-order chi connectivity index (χ1) is 6.06. The summed E-state index contributed by atoms with van der Waals surface area (Å²) in [5.41, 5.74) is 10.1. The number of carboxylic acid groups (broad SMARTS) is 1. The molecule has 0 aromatic rings. The minimum Gasteiger partial charge on any atom is -0.480 e. The molecule has 0 bridgehead atoms. The van der Waals surface area contributed by atoms with E-state index < -0.39 is 12.0 Å². The largest absolute Gasteiger partial charge is 0.480 e. The first kappa shape index (κ1) is 14.9. The van der Waals surface area contributed by atoms with Crippen molar-refractivity contribution in [1.82, 2.24) is 0 Å². The van der Waals surface area contributed by atoms with Gasteiger partial charge >= 0.3 is 5.97 Å². The Morgan fingerprint density at radius 1 is 1.38 bits per heavy atom. The highest BCUT2D eigenvalue weighted by Crippen LogP contribution is 1.95. The summed E-state index contributed by atoms with van der Waals surface area (Å²) in [6, 6.07) is -0.731. The highest BCUT2D eigenvalue weighted by Gasteiger charge is 1.99. The maximum Gasteiger partial charge on any atom is 0.320 e. The summed E-state index contributed by atoms with van der Waals surface area (Å²) in [7, 11) is 0. The van der Waals surface area contributed by atoms with Gasteiger partial charge in [0.05, 0.1) is 0 Å². The Kier molecular flexibility index (Phi) is 13.0. The number of hydrogen-bond acceptors (Lipinski definition) is 3. The van der Waals surface area contributed by atoms with E-state index in [1.165, 1.54) is 32.6 Å². The van der Waals surface area contributed by atoms with Crippen LogP contribution in [0.2, 0.25) is 0 Å². The average Bonchev–Trinajstić information content (AvgIpc) is 2.06. The fourth-order valence-corrected chi connectivity index (χ4v) is 0.571. The zero-order valence-corrected chi connectivity index (χ0v) is 8.62. The Morgan fingerprint density at radius 3 is 2.08 bits per heavy atom. The molecule has 0 amide bonds. The molecule has 5 N–H and O–H groups in total. The van der Waals surface area contributed by atoms with Gasteiger partial charge in [0.2, 0.25) is 0 Å². The van der Waals surface area contributed by atoms with Crippen molar-refractivity contribution in [1.29, 1.82) is 0 Å². The average molecular weight is 190 g/mol. The van der Waals surface area contributed by atoms with Crippen LogP contribution in [0, 0.1) is 0 Å². The Balaban J connectivity index is 0. The lowest BCUT2D eigenvalue weighted by Gasteiger charge is -1.90. The fourth-order valence-electron chi connectivity index (χ4n) is 0.571. The smallest absolute Gasteiger partial charge is 0.320 e. The fraction of sp³-hybridized carbons (Fsp3) is 0.889. The second-order valence-corrected chi connectivity index (χ2v) is 2.98. The lowest BCUT2D eigenvalue weighted by atomic mass is 10.2. The van der Waals surface area contributed by atoms with Crippen molar-refractivity contribution in [2.75, 3.05) is 6.54 Å². The minimum absolute atomic E-state index is 0.731. The monoisotopic (exact) mass is 190 g/mol. The quantitative estimate of drug-likeness (QED) is 0.563. The van der Waals surface area contributed by atoms with Crippen LogP contribution >= 0.6 is 0 Å². The molecule has 0 aromatic carbocycles. The molecule has 0 aromatic heterocycles. The standard InChI is InChI=1S/C6H15N.C3H7NO2/c1-2-3-4-5-6-7;1-2(4)3(5)6/h2-7H2,1H3;2H,4H2,1H3,(H,5,6)/t;2-/m.0/s1. The van der Waals surface area contributed by atoms with E-state index in [-0.39, 0.29) is 0 Å². The first-order valence-corrected chi connectivity index (χ1v) is 4.74. The minimum atomic E-state index is -0.963. The Labute approximate surface area is 80.3 Å². The van der Waals surface area contributed by atoms with Gasteiger partial charge in [0.25, 0.3) is 0 Å². The number of aliphatic carboxylic acids is 1. The molecule has 0 unspecified atom stereocenters. The van der Waals surface area contributed by atoms with Gasteiger partial charge in [-0.3, -0.25) is 4.79 Å². The van der Waals surface area contributed by atoms with Crippen LogP contribution in [0.1, 0.15) is 39.5 Å². The molecule has 0 spiro atoms. The van der Waals surface area contributed by atoms with E-state index >= 15 is 0 Å². The first-order valence-electron chi connectivity index (χ1n) is 4.74. The maximum atomic E-state index is 9.57. The highest BCUT2D eigenvalue weighted by molar-refractivity contribution is 5.72. The summed E-state index contributed by atoms with van der Waals surface area (Å²) in [6.07, 6.45) is 5.16. The van der Waals surface area contributed by atoms with Crippen molar-refractivity contribution in [3.05, 3.63) is 0 Å². The number of unbranched alkanes of at least 4 members (excludes halogenated alkanes) is 3. The molecule has 4 heteroatoms. The third kappa shape index (κ3) is 18.4. The van der Waals surface area contributed by atoms with E-state index in [2.05, 4.69) is 6.92 Å². The predicted octanol–water partition coefficient (Wildman–Crippen LogP) is 0.944. The topological polar surface area (TPSA) is 89.3 Å². The maximum absolute atomic E-state index is 9.57. The summed E-state index contributed by atoms with van der Waals surface area (Å²) in [6.45, 7) is 4.48. The van der Waals surface area contributed by atoms with Gasteiger partial charge in [-0.1, -0.05) is 26.2 Å². The van der Waals surface area contributed by atoms with E-state index in [1.54, 1.807) is 0 Å². The molecular formula is C9H22N2O2. The van der Waals surface area contributed by atoms with Crippen molar-refractivity contribution in [2.45, 2.75) is 45.6 Å². The molecule has 1 atom stereocenters. The summed E-state index contributed by atoms with van der Waals surface area (Å²) in [4.78, 5) is 9.57. The molecule has 0 rings (SSSR count). The van der Waals surface area contributed by atoms with Crippen molar-refractivity contribution < 1.29 is 9.90 Å². The van der Waals surface area contributed by atoms with Gasteiger partial charge in [0.1, 0.15) is 6.04 Å². The zero-order valence-electron chi connectivity index (χ0n) is 8.62. The molecule has 0 aliphatic rings. The lowest BCUT2D eigenvalue weighted by Crippen LogP contribution is -2.25. The molecule has 0 saturated carbocycles. The molecule has 80 valence electrons. The van der Waals surface area contributed by atoms with Crippen molar-refractivity contribution >= 4 is 5.97 Å². The molecule has 0 heterocycles. The zero-order chi connectivity index (χ0) is 10.7. The van der Waals surface area contributed by atoms with Crippen LogP contribution in [0.15, 0.2) is 0 Å². The SMILES string of the molecule is CCCCCCN.C[C@H](N)C(=O)O. The summed E-state index contributed by atoms with van der Waals surface area (Å²) >= 11 is 0. The van der Waals surface area contributed by atoms with Crippen molar-refractivity contribution in [3.8, 4) is 0 Å². The molecule has 0 radical (unpaired) electrons. The van der Waals surface area contributed by atoms with Crippen LogP contribution in [0.5, 0.6) is 0 Å². The lowest BCUT2D eigenvalue weighted by molar-refractivity contribution is -0.138. The third-order valence-electron chi connectivity index (χ3n) is 1.45. The van der Waals surface area contributed by atoms with Crippen LogP contribution < -0.4 is 11.5 Å². The third-order valence-corrected chi connectivity index (χ3v) is 1.45. The number of rotatable bonds is 5. The molecule has 0 aliphatic carbocycles. The number of carboxylic acids is 1. The van der Waals surface area contributed by atoms with Crippen LogP contribution in [-0.2, 0) is 4.79 Å². The van der Waals surface area contributed by atoms with E-state index in [4.69, 9.17) is 16.6 Å². The van der Waals surface area contributed by atoms with Gasteiger partial charge in [-0.2, -0.15) is 0 Å². The van der Waals surface area contributed by atoms with Gasteiger partial charge in [-0.05, 0) is 19.9 Å². The molecule has 4 nitrogen and oxygen atoms in total. The van der Waals surface area contributed by atoms with E-state index in [9.17, 15) is 4.79 Å². The molecule has 0 aliphatic heterocycles. The van der Waals surface area contributed by atoms with Crippen LogP contribution in [0.4, 0.5) is 0 Å². The van der Waals surface area contributed by atoms with Crippen molar-refractivity contribution in [3.63, 3.8) is 0 Å². The Hall–Kier alpha value is -0.610. The molecule has 13 heavy (non-hydrogen) atoms. The number of hydrogen-bond donors (Lipinski definition) is 3. The summed E-state index contributed by atoms with van der Waals surface area (Å²) < 4.78 is 0. The Bertz CT molecular complexity index is 112. The summed E-state index contributed by atoms with van der Waals surface area (Å²) in [5.74, 6) is -0.963. The van der Waals surface area contributed by atoms with Crippen molar-refractivity contribution in [2.24, 2.45) is 11.5 Å². The second-order valence-electron chi connectivity index (χ2n) is 2.98. The molecule has 0 saturated heterocycles. The van der Waals surface area contributed by atoms with E-state index in [0.29, 0.717) is 0 Å². The normalized spacial score (nSPS) is 11.4.